The van der Waals surface area contributed by atoms with E-state index in [1.54, 1.807) is 13.2 Å². The van der Waals surface area contributed by atoms with Crippen LogP contribution in [-0.4, -0.2) is 65.2 Å². The van der Waals surface area contributed by atoms with Crippen molar-refractivity contribution in [2.75, 3.05) is 14.2 Å². The van der Waals surface area contributed by atoms with Crippen molar-refractivity contribution < 1.29 is 29.0 Å². The van der Waals surface area contributed by atoms with E-state index < -0.39 is 23.5 Å². The van der Waals surface area contributed by atoms with Crippen LogP contribution in [0.15, 0.2) is 24.3 Å². The van der Waals surface area contributed by atoms with Crippen LogP contribution in [0.4, 0.5) is 0 Å². The van der Waals surface area contributed by atoms with E-state index >= 15 is 0 Å². The fraction of sp³-hybridized carbons (Fsp3) is 0.656. The zero-order valence-electron chi connectivity index (χ0n) is 25.3. The van der Waals surface area contributed by atoms with E-state index in [-0.39, 0.29) is 23.3 Å². The highest BCUT2D eigenvalue weighted by Crippen LogP contribution is 2.41. The van der Waals surface area contributed by atoms with Crippen molar-refractivity contribution >= 4 is 40.6 Å². The Hall–Kier alpha value is -2.76. The number of aliphatic hydroxyl groups is 1. The molecular formula is C32H46N4O6S. The third kappa shape index (κ3) is 7.67. The number of carbonyl (C=O) groups is 3. The number of benzene rings is 1. The molecule has 2 heterocycles. The first-order valence-corrected chi connectivity index (χ1v) is 16.6. The molecule has 10 nitrogen and oxygen atoms in total. The summed E-state index contributed by atoms with van der Waals surface area (Å²) in [4.78, 5) is 43.0. The highest BCUT2D eigenvalue weighted by molar-refractivity contribution is 7.99. The summed E-state index contributed by atoms with van der Waals surface area (Å²) in [6, 6.07) is 6.43. The molecule has 0 radical (unpaired) electrons. The van der Waals surface area contributed by atoms with Gasteiger partial charge in [0.2, 0.25) is 5.91 Å². The summed E-state index contributed by atoms with van der Waals surface area (Å²) in [5, 5.41) is 17.4. The number of esters is 1. The molecule has 5 N–H and O–H groups in total. The Balaban J connectivity index is 1.26. The number of aliphatic hydroxyl groups excluding tert-OH is 1. The van der Waals surface area contributed by atoms with E-state index in [0.717, 1.165) is 80.6 Å². The number of ether oxygens (including phenoxy) is 2. The number of aromatic amines is 1. The minimum absolute atomic E-state index is 0.0939. The Morgan fingerprint density at radius 1 is 1.07 bits per heavy atom. The molecule has 1 aromatic carbocycles. The van der Waals surface area contributed by atoms with Crippen molar-refractivity contribution in [2.24, 2.45) is 11.8 Å². The summed E-state index contributed by atoms with van der Waals surface area (Å²) >= 11 is 1.09. The maximum atomic E-state index is 13.8. The average molecular weight is 615 g/mol. The number of H-pyrrole nitrogens is 1. The number of aromatic nitrogens is 1. The smallest absolute Gasteiger partial charge is 0.328 e. The standard InChI is InChI=1S/C32H46N4O6S/c1-41-26-13-9-12-23-22(26)18-24(33-23)29(38)36-43-27(16-20-10-5-3-6-11-20)30(39)34-25(31(40)42-2)17-21-19-32(35-28(21)37)14-7-4-8-15-32/h9,12-13,18,20-21,25,27-28,33,35,37H,3-8,10-11,14-17,19H2,1-2H3,(H,34,39)(H,36,38)/t21?,25?,27-,28?/m0/s1. The molecule has 3 aliphatic rings. The van der Waals surface area contributed by atoms with E-state index in [1.807, 2.05) is 18.2 Å². The van der Waals surface area contributed by atoms with Gasteiger partial charge in [0.1, 0.15) is 29.0 Å². The molecule has 236 valence electrons. The zero-order valence-corrected chi connectivity index (χ0v) is 26.1. The van der Waals surface area contributed by atoms with Gasteiger partial charge >= 0.3 is 5.97 Å². The van der Waals surface area contributed by atoms with Gasteiger partial charge in [0.15, 0.2) is 0 Å². The Bertz CT molecular complexity index is 1270. The number of nitrogens with one attached hydrogen (secondary N) is 4. The molecule has 1 aliphatic heterocycles. The summed E-state index contributed by atoms with van der Waals surface area (Å²) in [5.41, 5.74) is 1.06. The van der Waals surface area contributed by atoms with Gasteiger partial charge in [-0.1, -0.05) is 57.4 Å². The minimum Gasteiger partial charge on any atom is -0.496 e. The van der Waals surface area contributed by atoms with Gasteiger partial charge in [0.25, 0.3) is 5.91 Å². The van der Waals surface area contributed by atoms with Crippen LogP contribution in [0, 0.1) is 11.8 Å². The summed E-state index contributed by atoms with van der Waals surface area (Å²) in [6.45, 7) is 0. The number of carbonyl (C=O) groups excluding carboxylic acids is 3. The molecule has 4 atom stereocenters. The fourth-order valence-electron chi connectivity index (χ4n) is 7.36. The number of fused-ring (bicyclic) bond motifs is 1. The van der Waals surface area contributed by atoms with Crippen LogP contribution in [0.1, 0.15) is 94.0 Å². The molecular weight excluding hydrogens is 568 g/mol. The van der Waals surface area contributed by atoms with Gasteiger partial charge in [0, 0.05) is 22.4 Å². The number of hydrogen-bond donors (Lipinski definition) is 5. The molecule has 2 amide bonds. The molecule has 2 aromatic rings. The van der Waals surface area contributed by atoms with Gasteiger partial charge in [-0.15, -0.1) is 0 Å². The lowest BCUT2D eigenvalue weighted by molar-refractivity contribution is -0.145. The Morgan fingerprint density at radius 3 is 2.53 bits per heavy atom. The van der Waals surface area contributed by atoms with E-state index in [4.69, 9.17) is 9.47 Å². The fourth-order valence-corrected chi connectivity index (χ4v) is 8.26. The van der Waals surface area contributed by atoms with Gasteiger partial charge in [0.05, 0.1) is 14.2 Å². The molecule has 2 aliphatic carbocycles. The van der Waals surface area contributed by atoms with E-state index in [0.29, 0.717) is 30.2 Å². The van der Waals surface area contributed by atoms with E-state index in [2.05, 4.69) is 20.3 Å². The largest absolute Gasteiger partial charge is 0.496 e. The molecule has 2 saturated carbocycles. The van der Waals surface area contributed by atoms with Gasteiger partial charge < -0.3 is 24.9 Å². The van der Waals surface area contributed by atoms with Crippen LogP contribution in [0.25, 0.3) is 10.9 Å². The van der Waals surface area contributed by atoms with Crippen molar-refractivity contribution in [3.8, 4) is 5.75 Å². The molecule has 1 aromatic heterocycles. The van der Waals surface area contributed by atoms with Gasteiger partial charge in [-0.3, -0.25) is 19.6 Å². The van der Waals surface area contributed by atoms with E-state index in [1.165, 1.54) is 20.0 Å². The monoisotopic (exact) mass is 614 g/mol. The summed E-state index contributed by atoms with van der Waals surface area (Å²) in [7, 11) is 2.91. The first kappa shape index (κ1) is 31.7. The first-order chi connectivity index (χ1) is 20.8. The van der Waals surface area contributed by atoms with Crippen LogP contribution in [0.3, 0.4) is 0 Å². The second-order valence-electron chi connectivity index (χ2n) is 12.6. The number of methoxy groups -OCH3 is 2. The lowest BCUT2D eigenvalue weighted by atomic mass is 9.78. The van der Waals surface area contributed by atoms with Crippen LogP contribution in [0.2, 0.25) is 0 Å². The summed E-state index contributed by atoms with van der Waals surface area (Å²) in [6.07, 6.45) is 12.0. The summed E-state index contributed by atoms with van der Waals surface area (Å²) in [5.74, 6) is -0.312. The van der Waals surface area contributed by atoms with Gasteiger partial charge in [-0.2, -0.15) is 0 Å². The topological polar surface area (TPSA) is 142 Å². The first-order valence-electron chi connectivity index (χ1n) is 15.8. The second kappa shape index (κ2) is 14.3. The predicted molar refractivity (Wildman–Crippen MR) is 167 cm³/mol. The van der Waals surface area contributed by atoms with Gasteiger partial charge in [-0.25, -0.2) is 4.79 Å². The number of rotatable bonds is 11. The maximum absolute atomic E-state index is 13.8. The molecule has 0 bridgehead atoms. The zero-order chi connectivity index (χ0) is 30.4. The average Bonchev–Trinajstić information content (AvgIpc) is 3.59. The number of amides is 2. The Kier molecular flexibility index (Phi) is 10.6. The van der Waals surface area contributed by atoms with Gasteiger partial charge in [-0.05, 0) is 68.2 Å². The molecule has 11 heteroatoms. The molecule has 5 rings (SSSR count). The van der Waals surface area contributed by atoms with Crippen molar-refractivity contribution in [1.29, 1.82) is 0 Å². The molecule has 3 unspecified atom stereocenters. The number of hydrogen-bond acceptors (Lipinski definition) is 8. The summed E-state index contributed by atoms with van der Waals surface area (Å²) < 4.78 is 13.4. The van der Waals surface area contributed by atoms with Crippen LogP contribution >= 0.6 is 11.9 Å². The van der Waals surface area contributed by atoms with Crippen molar-refractivity contribution in [3.63, 3.8) is 0 Å². The van der Waals surface area contributed by atoms with Crippen LogP contribution < -0.4 is 20.1 Å². The second-order valence-corrected chi connectivity index (χ2v) is 13.6. The quantitative estimate of drug-likeness (QED) is 0.183. The van der Waals surface area contributed by atoms with Crippen molar-refractivity contribution in [1.82, 2.24) is 20.3 Å². The maximum Gasteiger partial charge on any atom is 0.328 e. The van der Waals surface area contributed by atoms with Crippen molar-refractivity contribution in [2.45, 2.75) is 107 Å². The van der Waals surface area contributed by atoms with Crippen LogP contribution in [-0.2, 0) is 14.3 Å². The third-order valence-corrected chi connectivity index (χ3v) is 10.6. The molecule has 1 spiro atoms. The Morgan fingerprint density at radius 2 is 1.81 bits per heavy atom. The molecule has 3 fully saturated rings. The third-order valence-electron chi connectivity index (χ3n) is 9.65. The molecule has 1 saturated heterocycles. The van der Waals surface area contributed by atoms with Crippen molar-refractivity contribution in [3.05, 3.63) is 30.0 Å². The highest BCUT2D eigenvalue weighted by Gasteiger charge is 2.46. The lowest BCUT2D eigenvalue weighted by Crippen LogP contribution is -2.48. The van der Waals surface area contributed by atoms with E-state index in [9.17, 15) is 19.5 Å². The van der Waals surface area contributed by atoms with Crippen LogP contribution in [0.5, 0.6) is 5.75 Å². The normalized spacial score (nSPS) is 23.5. The highest BCUT2D eigenvalue weighted by atomic mass is 32.2. The SMILES string of the molecule is COC(=O)C(CC1CC2(CCCCC2)NC1O)NC(=O)[C@H](CC1CCCCC1)SNC(=O)c1cc2c(OC)cccc2[nH]1. The minimum atomic E-state index is -0.885. The predicted octanol–water partition coefficient (Wildman–Crippen LogP) is 4.57. The molecule has 43 heavy (non-hydrogen) atoms. The Labute approximate surface area is 257 Å². The lowest BCUT2D eigenvalue weighted by Gasteiger charge is -2.34.